The van der Waals surface area contributed by atoms with E-state index in [1.165, 1.54) is 0 Å². The summed E-state index contributed by atoms with van der Waals surface area (Å²) in [5.41, 5.74) is 7.07. The third-order valence-electron chi connectivity index (χ3n) is 4.73. The van der Waals surface area contributed by atoms with Crippen molar-refractivity contribution >= 4 is 15.8 Å². The van der Waals surface area contributed by atoms with E-state index in [1.807, 2.05) is 13.8 Å². The summed E-state index contributed by atoms with van der Waals surface area (Å²) in [5.74, 6) is -0.0708. The largest absolute Gasteiger partial charge is 0.299 e. The average molecular weight is 257 g/mol. The average Bonchev–Trinajstić information content (AvgIpc) is 2.50. The number of rotatable bonds is 3. The Balaban J connectivity index is 2.43. The van der Waals surface area contributed by atoms with Gasteiger partial charge < -0.3 is 0 Å². The molecule has 0 saturated heterocycles. The smallest absolute Gasteiger partial charge is 0.236 e. The molecular formula is C10H15N3O3S. The molecule has 2 saturated carbocycles. The summed E-state index contributed by atoms with van der Waals surface area (Å²) in [6.45, 7) is 3.89. The molecule has 0 heterocycles. The molecule has 2 fully saturated rings. The first-order chi connectivity index (χ1) is 7.75. The van der Waals surface area contributed by atoms with Gasteiger partial charge in [0.25, 0.3) is 0 Å². The van der Waals surface area contributed by atoms with E-state index in [2.05, 4.69) is 9.43 Å². The van der Waals surface area contributed by atoms with Crippen molar-refractivity contribution in [3.63, 3.8) is 0 Å². The van der Waals surface area contributed by atoms with Gasteiger partial charge in [0.1, 0.15) is 5.78 Å². The molecule has 6 nitrogen and oxygen atoms in total. The number of ketones is 1. The molecular weight excluding hydrogens is 242 g/mol. The van der Waals surface area contributed by atoms with Gasteiger partial charge >= 0.3 is 0 Å². The van der Waals surface area contributed by atoms with Crippen LogP contribution in [-0.4, -0.2) is 20.0 Å². The minimum absolute atomic E-state index is 0.00969. The first-order valence-electron chi connectivity index (χ1n) is 5.57. The molecule has 94 valence electrons. The minimum atomic E-state index is -3.88. The summed E-state index contributed by atoms with van der Waals surface area (Å²) in [7, 11) is -3.88. The van der Waals surface area contributed by atoms with E-state index in [0.29, 0.717) is 12.8 Å². The summed E-state index contributed by atoms with van der Waals surface area (Å²) < 4.78 is 26.1. The second kappa shape index (κ2) is 3.46. The lowest BCUT2D eigenvalue weighted by molar-refractivity contribution is -0.128. The van der Waals surface area contributed by atoms with Crippen molar-refractivity contribution in [3.8, 4) is 0 Å². The Kier molecular flexibility index (Phi) is 2.52. The third-order valence-corrected chi connectivity index (χ3v) is 5.91. The maximum atomic E-state index is 12.1. The highest BCUT2D eigenvalue weighted by Gasteiger charge is 2.65. The summed E-state index contributed by atoms with van der Waals surface area (Å²) in [4.78, 5) is 14.4. The van der Waals surface area contributed by atoms with Gasteiger partial charge in [0, 0.05) is 21.3 Å². The number of Topliss-reactive ketones (excluding diaryl/α,β-unsaturated/α-hetero) is 1. The van der Waals surface area contributed by atoms with Gasteiger partial charge in [-0.05, 0) is 29.7 Å². The number of carbonyl (C=O) groups excluding carboxylic acids is 1. The molecule has 0 aromatic carbocycles. The van der Waals surface area contributed by atoms with Crippen molar-refractivity contribution in [2.45, 2.75) is 33.1 Å². The maximum absolute atomic E-state index is 12.1. The Hall–Kier alpha value is -1.07. The maximum Gasteiger partial charge on any atom is 0.236 e. The fourth-order valence-corrected chi connectivity index (χ4v) is 4.97. The van der Waals surface area contributed by atoms with E-state index in [4.69, 9.17) is 5.53 Å². The standard InChI is InChI=1S/C10H15N3O3S/c1-9(2)7-3-4-10(9,8(14)5-7)6-17(15,16)13-12-11/h7H,3-6H2,1-2H3/t7-,10-/m0/s1. The van der Waals surface area contributed by atoms with E-state index in [0.717, 1.165) is 6.42 Å². The van der Waals surface area contributed by atoms with Gasteiger partial charge in [-0.3, -0.25) is 4.79 Å². The SMILES string of the molecule is CC1(C)[C@H]2CC[C@]1(CS(=O)(=O)N=[N+]=[N-])C(=O)C2. The second-order valence-electron chi connectivity index (χ2n) is 5.56. The van der Waals surface area contributed by atoms with Crippen molar-refractivity contribution in [1.29, 1.82) is 0 Å². The number of sulfonamides is 1. The summed E-state index contributed by atoms with van der Waals surface area (Å²) in [5, 5.41) is 0. The van der Waals surface area contributed by atoms with Crippen LogP contribution in [0.3, 0.4) is 0 Å². The summed E-state index contributed by atoms with van der Waals surface area (Å²) in [6, 6.07) is 0. The highest BCUT2D eigenvalue weighted by Crippen LogP contribution is 2.64. The lowest BCUT2D eigenvalue weighted by Gasteiger charge is -2.35. The van der Waals surface area contributed by atoms with Crippen molar-refractivity contribution < 1.29 is 13.2 Å². The molecule has 0 aliphatic heterocycles. The van der Waals surface area contributed by atoms with Crippen LogP contribution in [0.4, 0.5) is 0 Å². The number of hydrogen-bond acceptors (Lipinski definition) is 3. The number of nitrogens with zero attached hydrogens (tertiary/aromatic N) is 3. The molecule has 0 N–H and O–H groups in total. The number of azide groups is 1. The number of fused-ring (bicyclic) bond motifs is 2. The number of hydrogen-bond donors (Lipinski definition) is 0. The molecule has 0 amide bonds. The third kappa shape index (κ3) is 1.57. The fraction of sp³-hybridized carbons (Fsp3) is 0.900. The zero-order valence-electron chi connectivity index (χ0n) is 9.88. The molecule has 2 rings (SSSR count). The normalized spacial score (nSPS) is 34.7. The second-order valence-corrected chi connectivity index (χ2v) is 7.18. The molecule has 7 heteroatoms. The van der Waals surface area contributed by atoms with Crippen LogP contribution in [0.25, 0.3) is 10.4 Å². The lowest BCUT2D eigenvalue weighted by atomic mass is 9.70. The van der Waals surface area contributed by atoms with Crippen LogP contribution in [0.2, 0.25) is 0 Å². The Morgan fingerprint density at radius 2 is 2.18 bits per heavy atom. The van der Waals surface area contributed by atoms with Crippen LogP contribution in [0.1, 0.15) is 33.1 Å². The first kappa shape index (κ1) is 12.4. The first-order valence-corrected chi connectivity index (χ1v) is 7.18. The van der Waals surface area contributed by atoms with E-state index >= 15 is 0 Å². The molecule has 2 atom stereocenters. The topological polar surface area (TPSA) is 100.0 Å². The highest BCUT2D eigenvalue weighted by molar-refractivity contribution is 7.90. The van der Waals surface area contributed by atoms with E-state index in [9.17, 15) is 13.2 Å². The van der Waals surface area contributed by atoms with Gasteiger partial charge in [0.2, 0.25) is 10.0 Å². The van der Waals surface area contributed by atoms with Crippen molar-refractivity contribution in [2.24, 2.45) is 21.3 Å². The van der Waals surface area contributed by atoms with Crippen molar-refractivity contribution in [1.82, 2.24) is 0 Å². The van der Waals surface area contributed by atoms with Gasteiger partial charge in [0.15, 0.2) is 0 Å². The van der Waals surface area contributed by atoms with Gasteiger partial charge in [-0.2, -0.15) is 0 Å². The molecule has 0 aromatic rings. The van der Waals surface area contributed by atoms with Crippen LogP contribution >= 0.6 is 0 Å². The Morgan fingerprint density at radius 1 is 1.53 bits per heavy atom. The van der Waals surface area contributed by atoms with Gasteiger partial charge in [-0.1, -0.05) is 13.8 Å². The Bertz CT molecular complexity index is 519. The molecule has 2 aliphatic carbocycles. The monoisotopic (exact) mass is 257 g/mol. The van der Waals surface area contributed by atoms with Crippen LogP contribution in [0.15, 0.2) is 4.52 Å². The predicted molar refractivity (Wildman–Crippen MR) is 61.5 cm³/mol. The fourth-order valence-electron chi connectivity index (χ4n) is 3.50. The Morgan fingerprint density at radius 3 is 2.59 bits per heavy atom. The Labute approximate surface area is 100 Å². The number of carbonyl (C=O) groups is 1. The van der Waals surface area contributed by atoms with Gasteiger partial charge in [-0.25, -0.2) is 8.42 Å². The van der Waals surface area contributed by atoms with E-state index in [-0.39, 0.29) is 22.9 Å². The zero-order chi connectivity index (χ0) is 12.9. The highest BCUT2D eigenvalue weighted by atomic mass is 32.2. The molecule has 0 radical (unpaired) electrons. The molecule has 2 aliphatic rings. The molecule has 2 bridgehead atoms. The van der Waals surface area contributed by atoms with E-state index < -0.39 is 15.4 Å². The molecule has 17 heavy (non-hydrogen) atoms. The van der Waals surface area contributed by atoms with Crippen molar-refractivity contribution in [3.05, 3.63) is 10.4 Å². The summed E-state index contributed by atoms with van der Waals surface area (Å²) >= 11 is 0. The van der Waals surface area contributed by atoms with Crippen LogP contribution in [-0.2, 0) is 14.8 Å². The van der Waals surface area contributed by atoms with Crippen LogP contribution < -0.4 is 0 Å². The van der Waals surface area contributed by atoms with Gasteiger partial charge in [-0.15, -0.1) is 0 Å². The molecule has 0 aromatic heterocycles. The predicted octanol–water partition coefficient (Wildman–Crippen LogP) is 2.02. The van der Waals surface area contributed by atoms with Crippen molar-refractivity contribution in [2.75, 3.05) is 5.75 Å². The van der Waals surface area contributed by atoms with Crippen LogP contribution in [0, 0.1) is 16.7 Å². The van der Waals surface area contributed by atoms with Gasteiger partial charge in [0.05, 0.1) is 5.75 Å². The lowest BCUT2D eigenvalue weighted by Crippen LogP contribution is -2.41. The minimum Gasteiger partial charge on any atom is -0.299 e. The zero-order valence-corrected chi connectivity index (χ0v) is 10.7. The van der Waals surface area contributed by atoms with E-state index in [1.54, 1.807) is 0 Å². The molecule has 0 unspecified atom stereocenters. The quantitative estimate of drug-likeness (QED) is 0.439. The van der Waals surface area contributed by atoms with Crippen LogP contribution in [0.5, 0.6) is 0 Å². The molecule has 0 spiro atoms. The summed E-state index contributed by atoms with van der Waals surface area (Å²) in [6.07, 6.45) is 1.92.